The van der Waals surface area contributed by atoms with Crippen LogP contribution in [0, 0.1) is 11.3 Å². The van der Waals surface area contributed by atoms with Crippen molar-refractivity contribution >= 4 is 21.9 Å². The second kappa shape index (κ2) is 6.78. The average Bonchev–Trinajstić information content (AvgIpc) is 2.74. The van der Waals surface area contributed by atoms with Crippen LogP contribution in [0.4, 0.5) is 0 Å². The highest BCUT2D eigenvalue weighted by Gasteiger charge is 2.40. The molecule has 2 aliphatic carbocycles. The summed E-state index contributed by atoms with van der Waals surface area (Å²) in [6.07, 6.45) is 6.93. The SMILES string of the molecule is CCOC(=O)C1CC(Br)C(OC2CCC(C)(C)CC2)C1. The Morgan fingerprint density at radius 2 is 1.90 bits per heavy atom. The molecule has 0 spiro atoms. The van der Waals surface area contributed by atoms with E-state index < -0.39 is 0 Å². The van der Waals surface area contributed by atoms with E-state index in [9.17, 15) is 4.79 Å². The Hall–Kier alpha value is -0.0900. The van der Waals surface area contributed by atoms with Crippen LogP contribution in [0.2, 0.25) is 0 Å². The highest BCUT2D eigenvalue weighted by atomic mass is 79.9. The van der Waals surface area contributed by atoms with Gasteiger partial charge in [-0.1, -0.05) is 29.8 Å². The molecule has 0 saturated heterocycles. The van der Waals surface area contributed by atoms with Crippen LogP contribution < -0.4 is 0 Å². The van der Waals surface area contributed by atoms with Crippen LogP contribution in [0.3, 0.4) is 0 Å². The molecule has 0 aliphatic heterocycles. The molecule has 0 heterocycles. The lowest BCUT2D eigenvalue weighted by Gasteiger charge is -2.35. The summed E-state index contributed by atoms with van der Waals surface area (Å²) >= 11 is 3.68. The summed E-state index contributed by atoms with van der Waals surface area (Å²) in [6.45, 7) is 6.99. The van der Waals surface area contributed by atoms with Crippen LogP contribution in [0.1, 0.15) is 59.3 Å². The second-order valence-corrected chi connectivity index (χ2v) is 8.15. The Morgan fingerprint density at radius 3 is 2.50 bits per heavy atom. The molecule has 3 atom stereocenters. The molecule has 0 aromatic carbocycles. The Bertz CT molecular complexity index is 333. The van der Waals surface area contributed by atoms with Crippen molar-refractivity contribution in [3.63, 3.8) is 0 Å². The summed E-state index contributed by atoms with van der Waals surface area (Å²) < 4.78 is 11.4. The minimum atomic E-state index is -0.0622. The van der Waals surface area contributed by atoms with Crippen LogP contribution in [0.5, 0.6) is 0 Å². The molecule has 2 aliphatic rings. The first-order valence-corrected chi connectivity index (χ1v) is 8.79. The van der Waals surface area contributed by atoms with E-state index in [-0.39, 0.29) is 22.8 Å². The number of carbonyl (C=O) groups is 1. The topological polar surface area (TPSA) is 35.5 Å². The van der Waals surface area contributed by atoms with E-state index in [0.717, 1.165) is 25.7 Å². The molecule has 3 unspecified atom stereocenters. The van der Waals surface area contributed by atoms with E-state index >= 15 is 0 Å². The molecule has 4 heteroatoms. The number of ether oxygens (including phenoxy) is 2. The average molecular weight is 347 g/mol. The molecular formula is C16H27BrO3. The van der Waals surface area contributed by atoms with Crippen molar-refractivity contribution in [3.8, 4) is 0 Å². The Labute approximate surface area is 130 Å². The van der Waals surface area contributed by atoms with Gasteiger partial charge in [0.2, 0.25) is 0 Å². The van der Waals surface area contributed by atoms with Gasteiger partial charge in [0.05, 0.1) is 24.7 Å². The molecule has 0 radical (unpaired) electrons. The van der Waals surface area contributed by atoms with E-state index in [4.69, 9.17) is 9.47 Å². The summed E-state index contributed by atoms with van der Waals surface area (Å²) in [5.41, 5.74) is 0.469. The maximum absolute atomic E-state index is 11.8. The van der Waals surface area contributed by atoms with Gasteiger partial charge in [-0.3, -0.25) is 4.79 Å². The van der Waals surface area contributed by atoms with Crippen LogP contribution in [0.25, 0.3) is 0 Å². The molecule has 3 nitrogen and oxygen atoms in total. The fraction of sp³-hybridized carbons (Fsp3) is 0.938. The van der Waals surface area contributed by atoms with Crippen molar-refractivity contribution in [2.75, 3.05) is 6.61 Å². The fourth-order valence-electron chi connectivity index (χ4n) is 3.30. The van der Waals surface area contributed by atoms with Crippen molar-refractivity contribution in [2.45, 2.75) is 76.3 Å². The third-order valence-electron chi connectivity index (χ3n) is 4.70. The Kier molecular flexibility index (Phi) is 5.52. The molecule has 2 fully saturated rings. The van der Waals surface area contributed by atoms with E-state index in [1.807, 2.05) is 6.92 Å². The lowest BCUT2D eigenvalue weighted by molar-refractivity contribution is -0.148. The van der Waals surface area contributed by atoms with Gasteiger partial charge in [0.15, 0.2) is 0 Å². The summed E-state index contributed by atoms with van der Waals surface area (Å²) in [6, 6.07) is 0. The second-order valence-electron chi connectivity index (χ2n) is 6.97. The highest BCUT2D eigenvalue weighted by Crippen LogP contribution is 2.40. The number of halogens is 1. The molecule has 20 heavy (non-hydrogen) atoms. The van der Waals surface area contributed by atoms with Crippen molar-refractivity contribution in [1.82, 2.24) is 0 Å². The van der Waals surface area contributed by atoms with Gasteiger partial charge in [-0.25, -0.2) is 0 Å². The maximum Gasteiger partial charge on any atom is 0.309 e. The number of hydrogen-bond acceptors (Lipinski definition) is 3. The zero-order valence-corrected chi connectivity index (χ0v) is 14.4. The largest absolute Gasteiger partial charge is 0.466 e. The predicted molar refractivity (Wildman–Crippen MR) is 83.0 cm³/mol. The Balaban J connectivity index is 1.80. The lowest BCUT2D eigenvalue weighted by Crippen LogP contribution is -2.31. The van der Waals surface area contributed by atoms with Gasteiger partial charge in [-0.2, -0.15) is 0 Å². The summed E-state index contributed by atoms with van der Waals surface area (Å²) in [4.78, 5) is 12.1. The third kappa shape index (κ3) is 4.20. The minimum Gasteiger partial charge on any atom is -0.466 e. The number of hydrogen-bond donors (Lipinski definition) is 0. The smallest absolute Gasteiger partial charge is 0.309 e. The van der Waals surface area contributed by atoms with E-state index in [1.54, 1.807) is 0 Å². The van der Waals surface area contributed by atoms with Crippen molar-refractivity contribution in [1.29, 1.82) is 0 Å². The molecule has 0 aromatic heterocycles. The molecule has 0 aromatic rings. The monoisotopic (exact) mass is 346 g/mol. The molecule has 0 N–H and O–H groups in total. The van der Waals surface area contributed by atoms with Gasteiger partial charge in [0.25, 0.3) is 0 Å². The van der Waals surface area contributed by atoms with E-state index in [1.165, 1.54) is 12.8 Å². The van der Waals surface area contributed by atoms with Crippen LogP contribution >= 0.6 is 15.9 Å². The maximum atomic E-state index is 11.8. The first-order valence-electron chi connectivity index (χ1n) is 7.87. The van der Waals surface area contributed by atoms with Crippen molar-refractivity contribution in [3.05, 3.63) is 0 Å². The van der Waals surface area contributed by atoms with Crippen molar-refractivity contribution < 1.29 is 14.3 Å². The Morgan fingerprint density at radius 1 is 1.25 bits per heavy atom. The molecule has 0 bridgehead atoms. The first-order chi connectivity index (χ1) is 9.41. The zero-order chi connectivity index (χ0) is 14.8. The van der Waals surface area contributed by atoms with Gasteiger partial charge < -0.3 is 9.47 Å². The fourth-order valence-corrected chi connectivity index (χ4v) is 4.09. The van der Waals surface area contributed by atoms with Gasteiger partial charge in [-0.05, 0) is 50.9 Å². The van der Waals surface area contributed by atoms with Crippen LogP contribution in [0.15, 0.2) is 0 Å². The number of rotatable bonds is 4. The highest BCUT2D eigenvalue weighted by molar-refractivity contribution is 9.09. The third-order valence-corrected chi connectivity index (χ3v) is 5.67. The van der Waals surface area contributed by atoms with E-state index in [2.05, 4.69) is 29.8 Å². The molecule has 2 saturated carbocycles. The van der Waals surface area contributed by atoms with Gasteiger partial charge in [-0.15, -0.1) is 0 Å². The number of esters is 1. The first kappa shape index (κ1) is 16.3. The van der Waals surface area contributed by atoms with Crippen LogP contribution in [-0.4, -0.2) is 29.6 Å². The van der Waals surface area contributed by atoms with Gasteiger partial charge in [0.1, 0.15) is 0 Å². The molecule has 116 valence electrons. The summed E-state index contributed by atoms with van der Waals surface area (Å²) in [5, 5.41) is 0. The zero-order valence-electron chi connectivity index (χ0n) is 12.9. The summed E-state index contributed by atoms with van der Waals surface area (Å²) in [5.74, 6) is -0.0582. The quantitative estimate of drug-likeness (QED) is 0.568. The van der Waals surface area contributed by atoms with Crippen LogP contribution in [-0.2, 0) is 14.3 Å². The number of carbonyl (C=O) groups excluding carboxylic acids is 1. The van der Waals surface area contributed by atoms with Gasteiger partial charge in [0, 0.05) is 4.83 Å². The number of alkyl halides is 1. The summed E-state index contributed by atoms with van der Waals surface area (Å²) in [7, 11) is 0. The standard InChI is InChI=1S/C16H27BrO3/c1-4-19-15(18)11-9-13(17)14(10-11)20-12-5-7-16(2,3)8-6-12/h11-14H,4-10H2,1-3H3. The van der Waals surface area contributed by atoms with Crippen molar-refractivity contribution in [2.24, 2.45) is 11.3 Å². The molecule has 2 rings (SSSR count). The molecular weight excluding hydrogens is 320 g/mol. The molecule has 0 amide bonds. The minimum absolute atomic E-state index is 0.00403. The van der Waals surface area contributed by atoms with Gasteiger partial charge >= 0.3 is 5.97 Å². The predicted octanol–water partition coefficient (Wildman–Crippen LogP) is 4.08. The lowest BCUT2D eigenvalue weighted by atomic mass is 9.76. The van der Waals surface area contributed by atoms with E-state index in [0.29, 0.717) is 18.1 Å². The normalized spacial score (nSPS) is 34.1.